The van der Waals surface area contributed by atoms with E-state index in [1.807, 2.05) is 0 Å². The van der Waals surface area contributed by atoms with E-state index in [-0.39, 0.29) is 40.2 Å². The summed E-state index contributed by atoms with van der Waals surface area (Å²) in [6, 6.07) is 4.08. The Balaban J connectivity index is 1.92. The number of benzene rings is 1. The van der Waals surface area contributed by atoms with Crippen LogP contribution in [-0.2, 0) is 29.7 Å². The number of aliphatic hydroxyl groups excluding tert-OH is 1. The van der Waals surface area contributed by atoms with E-state index < -0.39 is 27.4 Å². The average molecular weight is 511 g/mol. The number of imidazole rings is 1. The normalized spacial score (nSPS) is 18.6. The van der Waals surface area contributed by atoms with Gasteiger partial charge in [0, 0.05) is 13.1 Å². The lowest BCUT2D eigenvalue weighted by atomic mass is 10.2. The molecule has 0 bridgehead atoms. The van der Waals surface area contributed by atoms with Crippen LogP contribution >= 0.6 is 11.6 Å². The second-order valence-corrected chi connectivity index (χ2v) is 10.3. The molecule has 4 N–H and O–H groups in total. The van der Waals surface area contributed by atoms with Crippen molar-refractivity contribution in [3.8, 4) is 0 Å². The molecule has 1 fully saturated rings. The Morgan fingerprint density at radius 3 is 2.44 bits per heavy atom. The van der Waals surface area contributed by atoms with Crippen LogP contribution in [0.15, 0.2) is 32.7 Å². The van der Waals surface area contributed by atoms with Crippen LogP contribution < -0.4 is 21.7 Å². The van der Waals surface area contributed by atoms with E-state index in [1.165, 1.54) is 16.7 Å². The van der Waals surface area contributed by atoms with Crippen molar-refractivity contribution >= 4 is 38.7 Å². The number of nitrogens with zero attached hydrogens (tertiary/aromatic N) is 4. The van der Waals surface area contributed by atoms with Crippen molar-refractivity contribution in [2.24, 2.45) is 5.14 Å². The predicted molar refractivity (Wildman–Crippen MR) is 129 cm³/mol. The fourth-order valence-electron chi connectivity index (χ4n) is 4.45. The molecule has 2 unspecified atom stereocenters. The zero-order valence-corrected chi connectivity index (χ0v) is 20.4. The van der Waals surface area contributed by atoms with E-state index in [2.05, 4.69) is 10.3 Å². The quantitative estimate of drug-likeness (QED) is 0.429. The van der Waals surface area contributed by atoms with Crippen molar-refractivity contribution in [1.29, 1.82) is 0 Å². The Hall–Kier alpha value is -2.67. The molecule has 2 atom stereocenters. The second kappa shape index (κ2) is 9.17. The third-order valence-corrected chi connectivity index (χ3v) is 7.58. The highest BCUT2D eigenvalue weighted by Crippen LogP contribution is 2.27. The van der Waals surface area contributed by atoms with Gasteiger partial charge in [0.15, 0.2) is 11.2 Å². The molecule has 0 spiro atoms. The fourth-order valence-corrected chi connectivity index (χ4v) is 5.56. The van der Waals surface area contributed by atoms with Gasteiger partial charge >= 0.3 is 5.69 Å². The lowest BCUT2D eigenvalue weighted by Gasteiger charge is -2.18. The maximum absolute atomic E-state index is 13.3. The van der Waals surface area contributed by atoms with Crippen LogP contribution in [-0.4, -0.2) is 44.4 Å². The van der Waals surface area contributed by atoms with Gasteiger partial charge < -0.3 is 10.4 Å². The second-order valence-electron chi connectivity index (χ2n) is 8.33. The molecule has 3 aromatic rings. The molecule has 184 valence electrons. The number of aryl methyl sites for hydroxylation is 1. The van der Waals surface area contributed by atoms with Gasteiger partial charge in [0.2, 0.25) is 16.0 Å². The molecule has 11 nitrogen and oxygen atoms in total. The molecule has 0 saturated heterocycles. The molecule has 4 rings (SSSR count). The number of rotatable bonds is 7. The molecule has 1 aromatic carbocycles. The molecular formula is C21H27ClN6O5S. The van der Waals surface area contributed by atoms with E-state index in [9.17, 15) is 23.1 Å². The number of hydrogen-bond donors (Lipinski definition) is 3. The van der Waals surface area contributed by atoms with Gasteiger partial charge in [-0.3, -0.25) is 18.5 Å². The van der Waals surface area contributed by atoms with Crippen molar-refractivity contribution in [1.82, 2.24) is 18.7 Å². The summed E-state index contributed by atoms with van der Waals surface area (Å²) in [4.78, 5) is 30.6. The minimum absolute atomic E-state index is 0.0402. The molecule has 0 radical (unpaired) electrons. The lowest BCUT2D eigenvalue weighted by Crippen LogP contribution is -2.40. The Bertz CT molecular complexity index is 1480. The number of aromatic nitrogens is 4. The number of primary sulfonamides is 1. The molecule has 0 amide bonds. The van der Waals surface area contributed by atoms with Crippen LogP contribution in [0, 0.1) is 0 Å². The summed E-state index contributed by atoms with van der Waals surface area (Å²) in [6.07, 6.45) is 1.69. The maximum atomic E-state index is 13.3. The zero-order chi connectivity index (χ0) is 24.8. The topological polar surface area (TPSA) is 154 Å². The van der Waals surface area contributed by atoms with E-state index in [0.717, 1.165) is 17.4 Å². The number of nitrogens with one attached hydrogen (secondary N) is 1. The summed E-state index contributed by atoms with van der Waals surface area (Å²) >= 11 is 6.17. The first-order valence-electron chi connectivity index (χ1n) is 11.1. The predicted octanol–water partition coefficient (Wildman–Crippen LogP) is 1.07. The van der Waals surface area contributed by atoms with Gasteiger partial charge in [0.1, 0.15) is 4.90 Å². The van der Waals surface area contributed by atoms with Crippen molar-refractivity contribution in [3.63, 3.8) is 0 Å². The van der Waals surface area contributed by atoms with Gasteiger partial charge in [-0.25, -0.2) is 18.4 Å². The lowest BCUT2D eigenvalue weighted by molar-refractivity contribution is 0.171. The maximum Gasteiger partial charge on any atom is 0.332 e. The third-order valence-electron chi connectivity index (χ3n) is 6.18. The van der Waals surface area contributed by atoms with Gasteiger partial charge in [-0.2, -0.15) is 4.98 Å². The van der Waals surface area contributed by atoms with Gasteiger partial charge in [-0.05, 0) is 50.8 Å². The summed E-state index contributed by atoms with van der Waals surface area (Å²) in [5, 5.41) is 18.7. The zero-order valence-electron chi connectivity index (χ0n) is 18.9. The summed E-state index contributed by atoms with van der Waals surface area (Å²) in [5.74, 6) is 0.333. The van der Waals surface area contributed by atoms with E-state index in [1.54, 1.807) is 24.5 Å². The van der Waals surface area contributed by atoms with E-state index in [0.29, 0.717) is 24.5 Å². The Labute approximate surface area is 200 Å². The number of fused-ring (bicyclic) bond motifs is 1. The van der Waals surface area contributed by atoms with Gasteiger partial charge in [-0.15, -0.1) is 0 Å². The van der Waals surface area contributed by atoms with Crippen molar-refractivity contribution in [2.45, 2.75) is 69.8 Å². The molecular weight excluding hydrogens is 484 g/mol. The molecule has 2 heterocycles. The number of hydrogen-bond acceptors (Lipinski definition) is 7. The molecule has 1 aliphatic carbocycles. The molecule has 1 aliphatic rings. The fraction of sp³-hybridized carbons (Fsp3) is 0.476. The SMILES string of the molecule is CCn1c(=O)c2c(nc(NC3CCCC3O)n2Cc2ccc(S(N)(=O)=O)c(Cl)c2)n(CC)c1=O. The number of aliphatic hydroxyl groups is 1. The average Bonchev–Trinajstić information content (AvgIpc) is 3.32. The Morgan fingerprint density at radius 1 is 1.18 bits per heavy atom. The minimum Gasteiger partial charge on any atom is -0.391 e. The van der Waals surface area contributed by atoms with E-state index >= 15 is 0 Å². The number of halogens is 1. The molecule has 34 heavy (non-hydrogen) atoms. The largest absolute Gasteiger partial charge is 0.391 e. The first-order valence-corrected chi connectivity index (χ1v) is 13.0. The Kier molecular flexibility index (Phi) is 6.60. The highest BCUT2D eigenvalue weighted by atomic mass is 35.5. The molecule has 1 saturated carbocycles. The summed E-state index contributed by atoms with van der Waals surface area (Å²) < 4.78 is 27.7. The summed E-state index contributed by atoms with van der Waals surface area (Å²) in [7, 11) is -3.99. The van der Waals surface area contributed by atoms with Gasteiger partial charge in [-0.1, -0.05) is 17.7 Å². The van der Waals surface area contributed by atoms with Crippen molar-refractivity contribution < 1.29 is 13.5 Å². The number of anilines is 1. The first kappa shape index (κ1) is 24.5. The van der Waals surface area contributed by atoms with Crippen LogP contribution in [0.1, 0.15) is 38.7 Å². The summed E-state index contributed by atoms with van der Waals surface area (Å²) in [6.45, 7) is 4.14. The van der Waals surface area contributed by atoms with Crippen LogP contribution in [0.5, 0.6) is 0 Å². The van der Waals surface area contributed by atoms with Crippen molar-refractivity contribution in [3.05, 3.63) is 49.6 Å². The third kappa shape index (κ3) is 4.26. The van der Waals surface area contributed by atoms with E-state index in [4.69, 9.17) is 16.7 Å². The summed E-state index contributed by atoms with van der Waals surface area (Å²) in [5.41, 5.74) is 0.143. The highest BCUT2D eigenvalue weighted by Gasteiger charge is 2.28. The standard InChI is InChI=1S/C21H27ClN6O5S/c1-3-26-18-17(19(30)27(4-2)21(26)31)28(20(25-18)24-14-6-5-7-15(14)29)11-12-8-9-16(13(22)10-12)34(23,32)33/h8-10,14-15,29H,3-7,11H2,1-2H3,(H,24,25)(H2,23,32,33). The monoisotopic (exact) mass is 510 g/mol. The molecule has 13 heteroatoms. The van der Waals surface area contributed by atoms with Gasteiger partial charge in [0.05, 0.1) is 23.7 Å². The molecule has 0 aliphatic heterocycles. The highest BCUT2D eigenvalue weighted by molar-refractivity contribution is 7.89. The first-order chi connectivity index (χ1) is 16.1. The smallest absolute Gasteiger partial charge is 0.332 e. The van der Waals surface area contributed by atoms with Crippen LogP contribution in [0.25, 0.3) is 11.2 Å². The van der Waals surface area contributed by atoms with Crippen molar-refractivity contribution in [2.75, 3.05) is 5.32 Å². The number of nitrogens with two attached hydrogens (primary N) is 1. The van der Waals surface area contributed by atoms with Crippen LogP contribution in [0.4, 0.5) is 5.95 Å². The van der Waals surface area contributed by atoms with Crippen LogP contribution in [0.3, 0.4) is 0 Å². The number of sulfonamides is 1. The van der Waals surface area contributed by atoms with Crippen LogP contribution in [0.2, 0.25) is 5.02 Å². The molecule has 2 aromatic heterocycles. The van der Waals surface area contributed by atoms with Gasteiger partial charge in [0.25, 0.3) is 5.56 Å². The minimum atomic E-state index is -3.99. The Morgan fingerprint density at radius 2 is 1.88 bits per heavy atom.